The van der Waals surface area contributed by atoms with Gasteiger partial charge in [0.2, 0.25) is 5.88 Å². The lowest BCUT2D eigenvalue weighted by Crippen LogP contribution is -2.20. The first kappa shape index (κ1) is 12.2. The first-order valence-corrected chi connectivity index (χ1v) is 6.12. The minimum Gasteiger partial charge on any atom is -0.477 e. The van der Waals surface area contributed by atoms with Gasteiger partial charge in [0.1, 0.15) is 0 Å². The monoisotopic (exact) mass is 273 g/mol. The van der Waals surface area contributed by atoms with Gasteiger partial charge in [-0.3, -0.25) is 4.98 Å². The van der Waals surface area contributed by atoms with E-state index in [1.54, 1.807) is 12.4 Å². The van der Waals surface area contributed by atoms with E-state index in [1.807, 2.05) is 11.9 Å². The third kappa shape index (κ3) is 4.03. The molecule has 0 aromatic carbocycles. The van der Waals surface area contributed by atoms with E-state index in [2.05, 4.69) is 32.8 Å². The summed E-state index contributed by atoms with van der Waals surface area (Å²) in [5.74, 6) is 1.43. The van der Waals surface area contributed by atoms with Crippen molar-refractivity contribution in [3.8, 4) is 5.88 Å². The van der Waals surface area contributed by atoms with Gasteiger partial charge < -0.3 is 9.64 Å². The molecule has 84 valence electrons. The fraction of sp³-hybridized carbons (Fsp3) is 0.600. The summed E-state index contributed by atoms with van der Waals surface area (Å²) in [5.41, 5.74) is 0. The molecule has 1 aromatic rings. The molecule has 1 rings (SSSR count). The maximum Gasteiger partial charge on any atom is 0.234 e. The second-order valence-corrected chi connectivity index (χ2v) is 3.97. The molecule has 0 aliphatic carbocycles. The van der Waals surface area contributed by atoms with Crippen LogP contribution in [0.5, 0.6) is 5.88 Å². The maximum absolute atomic E-state index is 5.41. The molecule has 0 aliphatic heterocycles. The van der Waals surface area contributed by atoms with Gasteiger partial charge >= 0.3 is 0 Å². The largest absolute Gasteiger partial charge is 0.477 e. The molecule has 1 aromatic heterocycles. The molecular weight excluding hydrogens is 258 g/mol. The lowest BCUT2D eigenvalue weighted by atomic mass is 10.5. The van der Waals surface area contributed by atoms with E-state index in [1.165, 1.54) is 0 Å². The fourth-order valence-electron chi connectivity index (χ4n) is 1.04. The lowest BCUT2D eigenvalue weighted by molar-refractivity contribution is 0.304. The number of rotatable bonds is 6. The van der Waals surface area contributed by atoms with E-state index in [4.69, 9.17) is 4.74 Å². The highest BCUT2D eigenvalue weighted by Crippen LogP contribution is 2.12. The molecule has 0 fully saturated rings. The van der Waals surface area contributed by atoms with Crippen LogP contribution >= 0.6 is 15.9 Å². The Kier molecular flexibility index (Phi) is 5.39. The highest BCUT2D eigenvalue weighted by atomic mass is 79.9. The van der Waals surface area contributed by atoms with Crippen molar-refractivity contribution in [3.05, 3.63) is 12.4 Å². The first-order valence-electron chi connectivity index (χ1n) is 5.00. The minimum absolute atomic E-state index is 0.593. The summed E-state index contributed by atoms with van der Waals surface area (Å²) >= 11 is 3.39. The number of aromatic nitrogens is 2. The Labute approximate surface area is 98.8 Å². The molecule has 0 radical (unpaired) electrons. The van der Waals surface area contributed by atoms with E-state index in [9.17, 15) is 0 Å². The van der Waals surface area contributed by atoms with Crippen LogP contribution in [0.25, 0.3) is 0 Å². The smallest absolute Gasteiger partial charge is 0.234 e. The summed E-state index contributed by atoms with van der Waals surface area (Å²) in [6.07, 6.45) is 4.35. The predicted molar refractivity (Wildman–Crippen MR) is 64.9 cm³/mol. The Morgan fingerprint density at radius 1 is 1.47 bits per heavy atom. The van der Waals surface area contributed by atoms with Gasteiger partial charge in [-0.2, -0.15) is 4.98 Å². The number of halogens is 1. The van der Waals surface area contributed by atoms with Crippen molar-refractivity contribution < 1.29 is 4.74 Å². The molecule has 0 atom stereocenters. The van der Waals surface area contributed by atoms with Crippen LogP contribution in [0.1, 0.15) is 13.3 Å². The number of alkyl halides is 1. The summed E-state index contributed by atoms with van der Waals surface area (Å²) < 4.78 is 5.41. The zero-order valence-electron chi connectivity index (χ0n) is 9.11. The van der Waals surface area contributed by atoms with Crippen molar-refractivity contribution >= 4 is 21.7 Å². The van der Waals surface area contributed by atoms with Crippen molar-refractivity contribution in [2.75, 3.05) is 30.4 Å². The van der Waals surface area contributed by atoms with Gasteiger partial charge in [0.05, 0.1) is 19.0 Å². The van der Waals surface area contributed by atoms with Crippen LogP contribution in [0.2, 0.25) is 0 Å². The van der Waals surface area contributed by atoms with Crippen LogP contribution < -0.4 is 9.64 Å². The normalized spacial score (nSPS) is 10.1. The van der Waals surface area contributed by atoms with Crippen molar-refractivity contribution in [3.63, 3.8) is 0 Å². The van der Waals surface area contributed by atoms with Crippen LogP contribution in [0.4, 0.5) is 5.82 Å². The van der Waals surface area contributed by atoms with Crippen LogP contribution in [0, 0.1) is 0 Å². The van der Waals surface area contributed by atoms with Crippen molar-refractivity contribution in [1.29, 1.82) is 0 Å². The Morgan fingerprint density at radius 2 is 2.27 bits per heavy atom. The van der Waals surface area contributed by atoms with Crippen LogP contribution in [0.3, 0.4) is 0 Å². The Balaban J connectivity index is 2.64. The molecule has 4 nitrogen and oxygen atoms in total. The van der Waals surface area contributed by atoms with Gasteiger partial charge in [-0.15, -0.1) is 0 Å². The van der Waals surface area contributed by atoms with E-state index in [0.717, 1.165) is 24.1 Å². The molecule has 0 saturated carbocycles. The zero-order valence-corrected chi connectivity index (χ0v) is 10.7. The molecule has 0 bridgehead atoms. The molecule has 0 aliphatic rings. The molecule has 0 amide bonds. The van der Waals surface area contributed by atoms with Gasteiger partial charge in [0.15, 0.2) is 5.82 Å². The molecule has 5 heteroatoms. The summed E-state index contributed by atoms with van der Waals surface area (Å²) in [5, 5.41) is 0.908. The van der Waals surface area contributed by atoms with Crippen LogP contribution in [0.15, 0.2) is 12.4 Å². The molecule has 1 heterocycles. The number of anilines is 1. The second kappa shape index (κ2) is 6.61. The molecule has 15 heavy (non-hydrogen) atoms. The molecule has 0 unspecified atom stereocenters. The standard InChI is InChI=1S/C10H16BrN3O/c1-3-6-15-10-8-12-7-9(13-10)14(2)5-4-11/h7-8H,3-6H2,1-2H3. The van der Waals surface area contributed by atoms with Crippen LogP contribution in [-0.4, -0.2) is 35.5 Å². The van der Waals surface area contributed by atoms with Crippen LogP contribution in [-0.2, 0) is 0 Å². The second-order valence-electron chi connectivity index (χ2n) is 3.17. The molecular formula is C10H16BrN3O. The van der Waals surface area contributed by atoms with E-state index < -0.39 is 0 Å². The van der Waals surface area contributed by atoms with E-state index in [-0.39, 0.29) is 0 Å². The Morgan fingerprint density at radius 3 is 2.93 bits per heavy atom. The molecule has 0 saturated heterocycles. The SMILES string of the molecule is CCCOc1cncc(N(C)CCBr)n1. The highest BCUT2D eigenvalue weighted by molar-refractivity contribution is 9.09. The topological polar surface area (TPSA) is 38.2 Å². The number of hydrogen-bond acceptors (Lipinski definition) is 4. The quantitative estimate of drug-likeness (QED) is 0.744. The molecule has 0 spiro atoms. The number of nitrogens with zero attached hydrogens (tertiary/aromatic N) is 3. The maximum atomic E-state index is 5.41. The average Bonchev–Trinajstić information content (AvgIpc) is 2.27. The third-order valence-electron chi connectivity index (χ3n) is 1.86. The predicted octanol–water partition coefficient (Wildman–Crippen LogP) is 2.10. The summed E-state index contributed by atoms with van der Waals surface area (Å²) in [6, 6.07) is 0. The van der Waals surface area contributed by atoms with E-state index in [0.29, 0.717) is 12.5 Å². The van der Waals surface area contributed by atoms with Crippen molar-refractivity contribution in [2.24, 2.45) is 0 Å². The lowest BCUT2D eigenvalue weighted by Gasteiger charge is -2.16. The number of ether oxygens (including phenoxy) is 1. The molecule has 0 N–H and O–H groups in total. The van der Waals surface area contributed by atoms with Crippen molar-refractivity contribution in [2.45, 2.75) is 13.3 Å². The van der Waals surface area contributed by atoms with Crippen molar-refractivity contribution in [1.82, 2.24) is 9.97 Å². The third-order valence-corrected chi connectivity index (χ3v) is 2.22. The van der Waals surface area contributed by atoms with Gasteiger partial charge in [-0.05, 0) is 6.42 Å². The zero-order chi connectivity index (χ0) is 11.1. The Hall–Kier alpha value is -0.840. The highest BCUT2D eigenvalue weighted by Gasteiger charge is 2.03. The fourth-order valence-corrected chi connectivity index (χ4v) is 1.57. The van der Waals surface area contributed by atoms with Gasteiger partial charge in [-0.25, -0.2) is 0 Å². The summed E-state index contributed by atoms with van der Waals surface area (Å²) in [7, 11) is 1.98. The number of hydrogen-bond donors (Lipinski definition) is 0. The van der Waals surface area contributed by atoms with Gasteiger partial charge in [-0.1, -0.05) is 22.9 Å². The van der Waals surface area contributed by atoms with E-state index >= 15 is 0 Å². The summed E-state index contributed by atoms with van der Waals surface area (Å²) in [4.78, 5) is 10.5. The first-order chi connectivity index (χ1) is 7.27. The minimum atomic E-state index is 0.593. The van der Waals surface area contributed by atoms with Gasteiger partial charge in [0, 0.05) is 18.9 Å². The van der Waals surface area contributed by atoms with Gasteiger partial charge in [0.25, 0.3) is 0 Å². The average molecular weight is 274 g/mol. The summed E-state index contributed by atoms with van der Waals surface area (Å²) in [6.45, 7) is 3.64. The Bertz CT molecular complexity index is 296.